The van der Waals surface area contributed by atoms with Crippen LogP contribution >= 0.6 is 0 Å². The summed E-state index contributed by atoms with van der Waals surface area (Å²) in [5, 5.41) is 3.79. The van der Waals surface area contributed by atoms with E-state index in [1.807, 2.05) is 0 Å². The molecule has 1 aliphatic heterocycles. The number of nitrogens with zero attached hydrogens (tertiary/aromatic N) is 1. The van der Waals surface area contributed by atoms with Gasteiger partial charge in [-0.3, -0.25) is 4.90 Å². The molecule has 0 aromatic rings. The van der Waals surface area contributed by atoms with E-state index >= 15 is 0 Å². The van der Waals surface area contributed by atoms with Gasteiger partial charge in [-0.05, 0) is 68.7 Å². The van der Waals surface area contributed by atoms with Crippen LogP contribution in [0.25, 0.3) is 0 Å². The molecule has 0 amide bonds. The quantitative estimate of drug-likeness (QED) is 0.828. The van der Waals surface area contributed by atoms with Gasteiger partial charge in [0.2, 0.25) is 0 Å². The van der Waals surface area contributed by atoms with E-state index in [1.165, 1.54) is 51.6 Å². The SMILES string of the molecule is CCNC1CCC(C(C)C)CC1CN1CC2CCC1C2. The normalized spacial score (nSPS) is 41.7. The highest BCUT2D eigenvalue weighted by atomic mass is 15.2. The number of nitrogens with one attached hydrogen (secondary N) is 1. The van der Waals surface area contributed by atoms with Gasteiger partial charge in [0.05, 0.1) is 0 Å². The summed E-state index contributed by atoms with van der Waals surface area (Å²) in [6.07, 6.45) is 8.81. The van der Waals surface area contributed by atoms with Crippen LogP contribution in [-0.2, 0) is 0 Å². The number of likely N-dealkylation sites (tertiary alicyclic amines) is 1. The van der Waals surface area contributed by atoms with Crippen molar-refractivity contribution in [3.63, 3.8) is 0 Å². The third kappa shape index (κ3) is 3.06. The van der Waals surface area contributed by atoms with Crippen LogP contribution in [0.5, 0.6) is 0 Å². The molecule has 1 saturated heterocycles. The molecule has 2 saturated carbocycles. The predicted molar refractivity (Wildman–Crippen MR) is 85.8 cm³/mol. The van der Waals surface area contributed by atoms with Gasteiger partial charge in [0.25, 0.3) is 0 Å². The molecule has 0 spiro atoms. The zero-order chi connectivity index (χ0) is 14.1. The number of hydrogen-bond acceptors (Lipinski definition) is 2. The van der Waals surface area contributed by atoms with E-state index in [0.29, 0.717) is 0 Å². The Kier molecular flexibility index (Phi) is 4.72. The molecule has 1 heterocycles. The molecule has 5 unspecified atom stereocenters. The van der Waals surface area contributed by atoms with Crippen LogP contribution in [0, 0.1) is 23.7 Å². The Morgan fingerprint density at radius 2 is 1.95 bits per heavy atom. The minimum atomic E-state index is 0.786. The molecule has 3 aliphatic rings. The highest BCUT2D eigenvalue weighted by molar-refractivity contribution is 4.95. The fourth-order valence-electron chi connectivity index (χ4n) is 5.19. The smallest absolute Gasteiger partial charge is 0.0108 e. The zero-order valence-corrected chi connectivity index (χ0v) is 13.8. The molecule has 1 N–H and O–H groups in total. The molecule has 0 aromatic heterocycles. The van der Waals surface area contributed by atoms with E-state index < -0.39 is 0 Å². The molecular formula is C18H34N2. The Hall–Kier alpha value is -0.0800. The Balaban J connectivity index is 1.60. The second kappa shape index (κ2) is 6.36. The first-order valence-corrected chi connectivity index (χ1v) is 9.14. The van der Waals surface area contributed by atoms with Crippen LogP contribution in [0.2, 0.25) is 0 Å². The van der Waals surface area contributed by atoms with Crippen LogP contribution in [0.4, 0.5) is 0 Å². The Morgan fingerprint density at radius 3 is 2.55 bits per heavy atom. The van der Waals surface area contributed by atoms with Gasteiger partial charge in [-0.15, -0.1) is 0 Å². The van der Waals surface area contributed by atoms with Gasteiger partial charge in [0.1, 0.15) is 0 Å². The largest absolute Gasteiger partial charge is 0.314 e. The Labute approximate surface area is 125 Å². The predicted octanol–water partition coefficient (Wildman–Crippen LogP) is 3.52. The number of fused-ring (bicyclic) bond motifs is 2. The van der Waals surface area contributed by atoms with Gasteiger partial charge in [-0.1, -0.05) is 20.8 Å². The van der Waals surface area contributed by atoms with Crippen LogP contribution < -0.4 is 5.32 Å². The van der Waals surface area contributed by atoms with Crippen molar-refractivity contribution in [3.8, 4) is 0 Å². The molecule has 5 atom stereocenters. The molecular weight excluding hydrogens is 244 g/mol. The van der Waals surface area contributed by atoms with E-state index in [2.05, 4.69) is 31.0 Å². The van der Waals surface area contributed by atoms with E-state index in [9.17, 15) is 0 Å². The van der Waals surface area contributed by atoms with Gasteiger partial charge in [-0.2, -0.15) is 0 Å². The van der Waals surface area contributed by atoms with Crippen molar-refractivity contribution in [1.29, 1.82) is 0 Å². The molecule has 2 bridgehead atoms. The molecule has 0 radical (unpaired) electrons. The van der Waals surface area contributed by atoms with Crippen molar-refractivity contribution >= 4 is 0 Å². The first-order chi connectivity index (χ1) is 9.67. The summed E-state index contributed by atoms with van der Waals surface area (Å²) >= 11 is 0. The highest BCUT2D eigenvalue weighted by Gasteiger charge is 2.40. The molecule has 3 fully saturated rings. The summed E-state index contributed by atoms with van der Waals surface area (Å²) in [4.78, 5) is 2.85. The van der Waals surface area contributed by atoms with Crippen molar-refractivity contribution in [2.45, 2.75) is 71.4 Å². The van der Waals surface area contributed by atoms with Gasteiger partial charge in [-0.25, -0.2) is 0 Å². The lowest BCUT2D eigenvalue weighted by Gasteiger charge is -2.41. The molecule has 2 aliphatic carbocycles. The maximum Gasteiger partial charge on any atom is 0.0108 e. The van der Waals surface area contributed by atoms with E-state index in [-0.39, 0.29) is 0 Å². The van der Waals surface area contributed by atoms with Gasteiger partial charge in [0.15, 0.2) is 0 Å². The summed E-state index contributed by atoms with van der Waals surface area (Å²) in [6, 6.07) is 1.73. The molecule has 2 nitrogen and oxygen atoms in total. The zero-order valence-electron chi connectivity index (χ0n) is 13.8. The van der Waals surface area contributed by atoms with Crippen molar-refractivity contribution < 1.29 is 0 Å². The van der Waals surface area contributed by atoms with Crippen LogP contribution in [0.15, 0.2) is 0 Å². The minimum Gasteiger partial charge on any atom is -0.314 e. The van der Waals surface area contributed by atoms with Gasteiger partial charge in [0, 0.05) is 25.2 Å². The highest BCUT2D eigenvalue weighted by Crippen LogP contribution is 2.40. The van der Waals surface area contributed by atoms with Crippen molar-refractivity contribution in [3.05, 3.63) is 0 Å². The molecule has 2 heteroatoms. The van der Waals surface area contributed by atoms with Crippen molar-refractivity contribution in [2.24, 2.45) is 23.7 Å². The maximum atomic E-state index is 3.79. The van der Waals surface area contributed by atoms with Crippen LogP contribution in [-0.4, -0.2) is 36.6 Å². The first-order valence-electron chi connectivity index (χ1n) is 9.14. The van der Waals surface area contributed by atoms with Gasteiger partial charge >= 0.3 is 0 Å². The fraction of sp³-hybridized carbons (Fsp3) is 1.00. The lowest BCUT2D eigenvalue weighted by atomic mass is 9.73. The summed E-state index contributed by atoms with van der Waals surface area (Å²) in [7, 11) is 0. The van der Waals surface area contributed by atoms with Gasteiger partial charge < -0.3 is 5.32 Å². The fourth-order valence-corrected chi connectivity index (χ4v) is 5.19. The van der Waals surface area contributed by atoms with Crippen LogP contribution in [0.3, 0.4) is 0 Å². The summed E-state index contributed by atoms with van der Waals surface area (Å²) < 4.78 is 0. The third-order valence-corrected chi connectivity index (χ3v) is 6.42. The summed E-state index contributed by atoms with van der Waals surface area (Å²) in [5.74, 6) is 3.78. The molecule has 20 heavy (non-hydrogen) atoms. The number of hydrogen-bond donors (Lipinski definition) is 1. The minimum absolute atomic E-state index is 0.786. The number of rotatable bonds is 5. The second-order valence-electron chi connectivity index (χ2n) is 8.03. The first kappa shape index (κ1) is 14.8. The van der Waals surface area contributed by atoms with E-state index in [4.69, 9.17) is 0 Å². The Morgan fingerprint density at radius 1 is 1.10 bits per heavy atom. The molecule has 3 rings (SSSR count). The lowest BCUT2D eigenvalue weighted by molar-refractivity contribution is 0.105. The standard InChI is InChI=1S/C18H34N2/c1-4-19-18-8-6-15(13(2)3)10-16(18)12-20-11-14-5-7-17(20)9-14/h13-19H,4-12H2,1-3H3. The average Bonchev–Trinajstić information content (AvgIpc) is 3.03. The second-order valence-corrected chi connectivity index (χ2v) is 8.03. The topological polar surface area (TPSA) is 15.3 Å². The average molecular weight is 278 g/mol. The summed E-state index contributed by atoms with van der Waals surface area (Å²) in [6.45, 7) is 11.0. The summed E-state index contributed by atoms with van der Waals surface area (Å²) in [5.41, 5.74) is 0. The molecule has 116 valence electrons. The van der Waals surface area contributed by atoms with Crippen molar-refractivity contribution in [1.82, 2.24) is 10.2 Å². The van der Waals surface area contributed by atoms with E-state index in [0.717, 1.165) is 42.3 Å². The number of piperidine rings is 1. The monoisotopic (exact) mass is 278 g/mol. The van der Waals surface area contributed by atoms with E-state index in [1.54, 1.807) is 0 Å². The maximum absolute atomic E-state index is 3.79. The Bertz CT molecular complexity index is 315. The lowest BCUT2D eigenvalue weighted by Crippen LogP contribution is -2.47. The molecule has 0 aromatic carbocycles. The van der Waals surface area contributed by atoms with Crippen molar-refractivity contribution in [2.75, 3.05) is 19.6 Å². The van der Waals surface area contributed by atoms with Crippen LogP contribution in [0.1, 0.15) is 59.3 Å². The third-order valence-electron chi connectivity index (χ3n) is 6.42.